The summed E-state index contributed by atoms with van der Waals surface area (Å²) in [6.45, 7) is 0. The number of hydrogen-bond acceptors (Lipinski definition) is 3. The van der Waals surface area contributed by atoms with Gasteiger partial charge in [0.15, 0.2) is 0 Å². The van der Waals surface area contributed by atoms with E-state index in [2.05, 4.69) is 5.32 Å². The molecule has 0 saturated heterocycles. The summed E-state index contributed by atoms with van der Waals surface area (Å²) in [5.41, 5.74) is 4.19. The summed E-state index contributed by atoms with van der Waals surface area (Å²) in [5, 5.41) is 2.89. The van der Waals surface area contributed by atoms with Gasteiger partial charge < -0.3 is 14.8 Å². The van der Waals surface area contributed by atoms with Crippen LogP contribution in [0.4, 0.5) is 5.69 Å². The molecule has 5 heteroatoms. The Labute approximate surface area is 146 Å². The summed E-state index contributed by atoms with van der Waals surface area (Å²) in [5.74, 6) is 1.81. The topological polar surface area (TPSA) is 47.6 Å². The number of hydrogen-bond donors (Lipinski definition) is 1. The third-order valence-electron chi connectivity index (χ3n) is 3.99. The van der Waals surface area contributed by atoms with Crippen LogP contribution in [0, 0.1) is 0 Å². The van der Waals surface area contributed by atoms with E-state index in [-0.39, 0.29) is 5.91 Å². The summed E-state index contributed by atoms with van der Waals surface area (Å²) in [6, 6.07) is 11.4. The highest BCUT2D eigenvalue weighted by Crippen LogP contribution is 2.36. The molecule has 2 aromatic rings. The number of nitrogens with one attached hydrogen (secondary N) is 1. The minimum absolute atomic E-state index is 0.127. The summed E-state index contributed by atoms with van der Waals surface area (Å²) < 4.78 is 10.7. The van der Waals surface area contributed by atoms with E-state index in [0.29, 0.717) is 23.0 Å². The van der Waals surface area contributed by atoms with Gasteiger partial charge in [0.1, 0.15) is 11.5 Å². The summed E-state index contributed by atoms with van der Waals surface area (Å²) in [4.78, 5) is 12.4. The lowest BCUT2D eigenvalue weighted by atomic mass is 10.0. The molecule has 1 aliphatic heterocycles. The van der Waals surface area contributed by atoms with Crippen molar-refractivity contribution < 1.29 is 14.3 Å². The van der Waals surface area contributed by atoms with E-state index in [1.165, 1.54) is 0 Å². The average Bonchev–Trinajstić information content (AvgIpc) is 2.90. The van der Waals surface area contributed by atoms with Crippen LogP contribution in [0.5, 0.6) is 11.5 Å². The van der Waals surface area contributed by atoms with E-state index in [1.54, 1.807) is 14.2 Å². The van der Waals surface area contributed by atoms with E-state index >= 15 is 0 Å². The van der Waals surface area contributed by atoms with Crippen LogP contribution in [0.25, 0.3) is 11.6 Å². The smallest absolute Gasteiger partial charge is 0.256 e. The number of amides is 1. The molecular formula is C19H18ClNO3. The van der Waals surface area contributed by atoms with Crippen molar-refractivity contribution in [2.24, 2.45) is 0 Å². The zero-order valence-electron chi connectivity index (χ0n) is 13.6. The molecule has 1 N–H and O–H groups in total. The molecule has 0 radical (unpaired) electrons. The fourth-order valence-corrected chi connectivity index (χ4v) is 2.97. The first-order valence-corrected chi connectivity index (χ1v) is 8.14. The lowest BCUT2D eigenvalue weighted by Gasteiger charge is -2.08. The van der Waals surface area contributed by atoms with Crippen LogP contribution in [0.1, 0.15) is 16.7 Å². The van der Waals surface area contributed by atoms with Crippen molar-refractivity contribution in [1.29, 1.82) is 0 Å². The van der Waals surface area contributed by atoms with Gasteiger partial charge in [-0.3, -0.25) is 4.79 Å². The predicted molar refractivity (Wildman–Crippen MR) is 96.9 cm³/mol. The maximum absolute atomic E-state index is 12.4. The zero-order chi connectivity index (χ0) is 17.1. The number of methoxy groups -OCH3 is 2. The summed E-state index contributed by atoms with van der Waals surface area (Å²) >= 11 is 5.83. The molecule has 0 aromatic heterocycles. The quantitative estimate of drug-likeness (QED) is 0.660. The molecule has 0 saturated carbocycles. The third-order valence-corrected chi connectivity index (χ3v) is 4.18. The maximum atomic E-state index is 12.4. The highest BCUT2D eigenvalue weighted by Gasteiger charge is 2.24. The summed E-state index contributed by atoms with van der Waals surface area (Å²) in [6.07, 6.45) is 2.59. The second kappa shape index (κ2) is 6.97. The molecule has 24 heavy (non-hydrogen) atoms. The van der Waals surface area contributed by atoms with Gasteiger partial charge in [0, 0.05) is 28.3 Å². The van der Waals surface area contributed by atoms with Gasteiger partial charge in [-0.05, 0) is 48.4 Å². The standard InChI is InChI=1S/C19H18ClNO3/c1-23-14-4-6-18(24-2)13(10-14)11-16-15-9-12(7-8-20)3-5-17(15)21-19(16)22/h3-6,9-11H,7-8H2,1-2H3,(H,21,22). The van der Waals surface area contributed by atoms with Gasteiger partial charge in [0.05, 0.1) is 14.2 Å². The number of ether oxygens (including phenoxy) is 2. The molecule has 1 heterocycles. The lowest BCUT2D eigenvalue weighted by Crippen LogP contribution is -2.03. The highest BCUT2D eigenvalue weighted by molar-refractivity contribution is 6.35. The number of anilines is 1. The number of carbonyl (C=O) groups excluding carboxylic acids is 1. The molecule has 0 aliphatic carbocycles. The first-order chi connectivity index (χ1) is 11.7. The first kappa shape index (κ1) is 16.4. The Kier molecular flexibility index (Phi) is 4.76. The molecule has 3 rings (SSSR count). The molecular weight excluding hydrogens is 326 g/mol. The minimum Gasteiger partial charge on any atom is -0.497 e. The van der Waals surface area contributed by atoms with Gasteiger partial charge in [-0.2, -0.15) is 0 Å². The zero-order valence-corrected chi connectivity index (χ0v) is 14.3. The molecule has 0 bridgehead atoms. The Morgan fingerprint density at radius 2 is 1.96 bits per heavy atom. The predicted octanol–water partition coefficient (Wildman–Crippen LogP) is 3.98. The Balaban J connectivity index is 2.09. The van der Waals surface area contributed by atoms with Crippen LogP contribution in [-0.2, 0) is 11.2 Å². The lowest BCUT2D eigenvalue weighted by molar-refractivity contribution is -0.110. The molecule has 4 nitrogen and oxygen atoms in total. The van der Waals surface area contributed by atoms with E-state index < -0.39 is 0 Å². The van der Waals surface area contributed by atoms with E-state index in [0.717, 1.165) is 28.8 Å². The number of carbonyl (C=O) groups is 1. The molecule has 1 aliphatic rings. The average molecular weight is 344 g/mol. The van der Waals surface area contributed by atoms with Crippen LogP contribution >= 0.6 is 11.6 Å². The first-order valence-electron chi connectivity index (χ1n) is 7.60. The van der Waals surface area contributed by atoms with Gasteiger partial charge in [-0.15, -0.1) is 11.6 Å². The fourth-order valence-electron chi connectivity index (χ4n) is 2.75. The third kappa shape index (κ3) is 3.10. The number of benzene rings is 2. The SMILES string of the molecule is COc1ccc(OC)c(C=C2C(=O)Nc3ccc(CCCl)cc32)c1. The largest absolute Gasteiger partial charge is 0.497 e. The number of fused-ring (bicyclic) bond motifs is 1. The number of aryl methyl sites for hydroxylation is 1. The van der Waals surface area contributed by atoms with E-state index in [9.17, 15) is 4.79 Å². The van der Waals surface area contributed by atoms with Crippen molar-refractivity contribution in [1.82, 2.24) is 0 Å². The Bertz CT molecular complexity index is 814. The van der Waals surface area contributed by atoms with Crippen LogP contribution in [0.3, 0.4) is 0 Å². The van der Waals surface area contributed by atoms with Gasteiger partial charge in [-0.25, -0.2) is 0 Å². The highest BCUT2D eigenvalue weighted by atomic mass is 35.5. The van der Waals surface area contributed by atoms with Gasteiger partial charge in [0.2, 0.25) is 0 Å². The van der Waals surface area contributed by atoms with Crippen molar-refractivity contribution in [2.75, 3.05) is 25.4 Å². The van der Waals surface area contributed by atoms with Crippen LogP contribution in [0.2, 0.25) is 0 Å². The van der Waals surface area contributed by atoms with Crippen LogP contribution in [0.15, 0.2) is 36.4 Å². The summed E-state index contributed by atoms with van der Waals surface area (Å²) in [7, 11) is 3.21. The van der Waals surface area contributed by atoms with Crippen LogP contribution in [-0.4, -0.2) is 26.0 Å². The van der Waals surface area contributed by atoms with Crippen molar-refractivity contribution in [2.45, 2.75) is 6.42 Å². The monoisotopic (exact) mass is 343 g/mol. The molecule has 0 atom stereocenters. The minimum atomic E-state index is -0.127. The number of halogens is 1. The molecule has 0 fully saturated rings. The van der Waals surface area contributed by atoms with Crippen molar-refractivity contribution in [3.8, 4) is 11.5 Å². The number of rotatable bonds is 5. The molecule has 1 amide bonds. The van der Waals surface area contributed by atoms with E-state index in [4.69, 9.17) is 21.1 Å². The Hall–Kier alpha value is -2.46. The second-order valence-electron chi connectivity index (χ2n) is 5.44. The molecule has 2 aromatic carbocycles. The maximum Gasteiger partial charge on any atom is 0.256 e. The molecule has 0 spiro atoms. The second-order valence-corrected chi connectivity index (χ2v) is 5.82. The fraction of sp³-hybridized carbons (Fsp3) is 0.211. The van der Waals surface area contributed by atoms with Crippen molar-refractivity contribution in [3.63, 3.8) is 0 Å². The van der Waals surface area contributed by atoms with Gasteiger partial charge in [0.25, 0.3) is 5.91 Å². The Morgan fingerprint density at radius 1 is 1.12 bits per heavy atom. The molecule has 124 valence electrons. The normalized spacial score (nSPS) is 14.5. The Morgan fingerprint density at radius 3 is 2.67 bits per heavy atom. The number of alkyl halides is 1. The molecule has 0 unspecified atom stereocenters. The van der Waals surface area contributed by atoms with Gasteiger partial charge in [-0.1, -0.05) is 6.07 Å². The van der Waals surface area contributed by atoms with Crippen molar-refractivity contribution in [3.05, 3.63) is 53.1 Å². The van der Waals surface area contributed by atoms with Crippen LogP contribution < -0.4 is 14.8 Å². The van der Waals surface area contributed by atoms with Crippen molar-refractivity contribution >= 4 is 34.8 Å². The van der Waals surface area contributed by atoms with Gasteiger partial charge >= 0.3 is 0 Å². The van der Waals surface area contributed by atoms with E-state index in [1.807, 2.05) is 42.5 Å².